The Morgan fingerprint density at radius 3 is 2.84 bits per heavy atom. The first-order valence-electron chi connectivity index (χ1n) is 7.43. The van der Waals surface area contributed by atoms with E-state index in [0.29, 0.717) is 22.2 Å². The van der Waals surface area contributed by atoms with Crippen LogP contribution in [-0.2, 0) is 9.53 Å². The molecule has 6 nitrogen and oxygen atoms in total. The third-order valence-electron chi connectivity index (χ3n) is 4.09. The van der Waals surface area contributed by atoms with E-state index in [-0.39, 0.29) is 5.56 Å². The minimum Gasteiger partial charge on any atom is -0.468 e. The highest BCUT2D eigenvalue weighted by atomic mass is 32.2. The lowest BCUT2D eigenvalue weighted by molar-refractivity contribution is -0.144. The maximum Gasteiger partial charge on any atom is 0.315 e. The summed E-state index contributed by atoms with van der Waals surface area (Å²) in [7, 11) is 1.26. The summed E-state index contributed by atoms with van der Waals surface area (Å²) in [5, 5.41) is 3.35. The van der Waals surface area contributed by atoms with E-state index in [0.717, 1.165) is 0 Å². The van der Waals surface area contributed by atoms with Gasteiger partial charge in [-0.3, -0.25) is 9.59 Å². The van der Waals surface area contributed by atoms with Crippen LogP contribution in [0, 0.1) is 11.7 Å². The summed E-state index contributed by atoms with van der Waals surface area (Å²) >= 11 is 1.28. The number of rotatable bonds is 3. The van der Waals surface area contributed by atoms with Gasteiger partial charge in [0.15, 0.2) is 5.16 Å². The molecule has 1 aromatic carbocycles. The van der Waals surface area contributed by atoms with Crippen LogP contribution >= 0.6 is 11.8 Å². The molecule has 1 aliphatic heterocycles. The fourth-order valence-corrected chi connectivity index (χ4v) is 3.38. The molecule has 2 N–H and O–H groups in total. The molecule has 2 atom stereocenters. The Bertz CT molecular complexity index is 912. The molecule has 8 heteroatoms. The third-order valence-corrected chi connectivity index (χ3v) is 4.67. The number of carbonyl (C=O) groups excluding carboxylic acids is 1. The van der Waals surface area contributed by atoms with E-state index in [1.54, 1.807) is 12.3 Å². The molecule has 0 amide bonds. The number of thioether (sulfide) groups is 1. The zero-order valence-electron chi connectivity index (χ0n) is 13.6. The second-order valence-electron chi connectivity index (χ2n) is 5.52. The van der Waals surface area contributed by atoms with Gasteiger partial charge in [-0.25, -0.2) is 9.37 Å². The van der Waals surface area contributed by atoms with Gasteiger partial charge in [0.1, 0.15) is 17.6 Å². The van der Waals surface area contributed by atoms with Crippen molar-refractivity contribution in [1.82, 2.24) is 9.97 Å². The largest absolute Gasteiger partial charge is 0.468 e. The second kappa shape index (κ2) is 6.72. The minimum absolute atomic E-state index is 0.256. The van der Waals surface area contributed by atoms with Gasteiger partial charge in [0.05, 0.1) is 12.7 Å². The number of hydrogen-bond donors (Lipinski definition) is 2. The highest BCUT2D eigenvalue weighted by molar-refractivity contribution is 7.98. The van der Waals surface area contributed by atoms with E-state index >= 15 is 0 Å². The quantitative estimate of drug-likeness (QED) is 0.496. The zero-order valence-corrected chi connectivity index (χ0v) is 14.4. The van der Waals surface area contributed by atoms with E-state index in [1.165, 1.54) is 37.1 Å². The number of aromatic amines is 1. The molecular weight excluding hydrogens is 345 g/mol. The number of carbonyl (C=O) groups is 1. The molecule has 130 valence electrons. The number of ether oxygens (including phenoxy) is 1. The van der Waals surface area contributed by atoms with Crippen LogP contribution in [0.15, 0.2) is 46.5 Å². The van der Waals surface area contributed by atoms with Crippen molar-refractivity contribution in [3.05, 3.63) is 63.8 Å². The van der Waals surface area contributed by atoms with Crippen LogP contribution < -0.4 is 10.9 Å². The number of hydrogen-bond acceptors (Lipinski definition) is 6. The van der Waals surface area contributed by atoms with Gasteiger partial charge in [0.2, 0.25) is 0 Å². The number of methoxy groups -OCH3 is 1. The van der Waals surface area contributed by atoms with Gasteiger partial charge in [-0.15, -0.1) is 0 Å². The highest BCUT2D eigenvalue weighted by Gasteiger charge is 2.41. The predicted octanol–water partition coefficient (Wildman–Crippen LogP) is 2.49. The van der Waals surface area contributed by atoms with Gasteiger partial charge in [-0.05, 0) is 24.0 Å². The summed E-state index contributed by atoms with van der Waals surface area (Å²) in [5.74, 6) is -2.34. The lowest BCUT2D eigenvalue weighted by atomic mass is 9.77. The average molecular weight is 361 g/mol. The maximum atomic E-state index is 13.8. The van der Waals surface area contributed by atoms with E-state index in [2.05, 4.69) is 21.9 Å². The minimum atomic E-state index is -0.873. The van der Waals surface area contributed by atoms with Crippen LogP contribution in [0.4, 0.5) is 10.2 Å². The Kier molecular flexibility index (Phi) is 4.63. The van der Waals surface area contributed by atoms with E-state index < -0.39 is 29.2 Å². The van der Waals surface area contributed by atoms with Crippen molar-refractivity contribution in [3.63, 3.8) is 0 Å². The van der Waals surface area contributed by atoms with Crippen molar-refractivity contribution in [3.8, 4) is 0 Å². The molecule has 3 rings (SSSR count). The van der Waals surface area contributed by atoms with E-state index in [4.69, 9.17) is 4.74 Å². The molecule has 0 radical (unpaired) electrons. The number of H-pyrrole nitrogens is 1. The Labute approximate surface area is 147 Å². The fraction of sp³-hybridized carbons (Fsp3) is 0.235. The number of fused-ring (bicyclic) bond motifs is 1. The van der Waals surface area contributed by atoms with Gasteiger partial charge in [0.25, 0.3) is 5.56 Å². The molecule has 1 aliphatic rings. The fourth-order valence-electron chi connectivity index (χ4n) is 3.00. The molecule has 2 aromatic rings. The van der Waals surface area contributed by atoms with Crippen LogP contribution in [0.1, 0.15) is 17.0 Å². The molecule has 0 bridgehead atoms. The Balaban J connectivity index is 2.27. The number of nitrogens with zero attached hydrogens (tertiary/aromatic N) is 1. The molecule has 0 spiro atoms. The molecule has 0 aliphatic carbocycles. The van der Waals surface area contributed by atoms with Crippen LogP contribution in [0.2, 0.25) is 0 Å². The summed E-state index contributed by atoms with van der Waals surface area (Å²) in [6.45, 7) is 3.88. The topological polar surface area (TPSA) is 84.1 Å². The second-order valence-corrected chi connectivity index (χ2v) is 6.32. The molecule has 2 heterocycles. The first-order chi connectivity index (χ1) is 12.0. The van der Waals surface area contributed by atoms with E-state index in [1.807, 2.05) is 0 Å². The van der Waals surface area contributed by atoms with Crippen molar-refractivity contribution in [1.29, 1.82) is 0 Å². The van der Waals surface area contributed by atoms with Crippen molar-refractivity contribution < 1.29 is 13.9 Å². The summed E-state index contributed by atoms with van der Waals surface area (Å²) in [4.78, 5) is 32.0. The number of aromatic nitrogens is 2. The van der Waals surface area contributed by atoms with E-state index in [9.17, 15) is 14.0 Å². The highest BCUT2D eigenvalue weighted by Crippen LogP contribution is 2.42. The van der Waals surface area contributed by atoms with Crippen LogP contribution in [0.25, 0.3) is 0 Å². The summed E-state index contributed by atoms with van der Waals surface area (Å²) in [5.41, 5.74) is 0.686. The number of nitrogens with one attached hydrogen (secondary N) is 2. The first kappa shape index (κ1) is 17.2. The molecule has 0 unspecified atom stereocenters. The number of esters is 1. The Hall–Kier alpha value is -2.61. The average Bonchev–Trinajstić information content (AvgIpc) is 2.59. The Morgan fingerprint density at radius 1 is 1.44 bits per heavy atom. The molecule has 0 fully saturated rings. The molecular formula is C17H16FN3O3S. The normalized spacial score (nSPS) is 19.1. The standard InChI is InChI=1S/C17H16FN3O3S/c1-8-11(16(23)24-2)12(9-5-4-6-10(18)7-9)13-14(19-8)20-17(25-3)21-15(13)22/h4-7,11-12H,1H2,2-3H3,(H2,19,20,21,22)/t11-,12+/m0/s1. The van der Waals surface area contributed by atoms with Crippen molar-refractivity contribution in [2.75, 3.05) is 18.7 Å². The first-order valence-corrected chi connectivity index (χ1v) is 8.66. The Morgan fingerprint density at radius 2 is 2.20 bits per heavy atom. The van der Waals surface area contributed by atoms with Crippen molar-refractivity contribution >= 4 is 23.5 Å². The predicted molar refractivity (Wildman–Crippen MR) is 93.2 cm³/mol. The molecule has 1 aromatic heterocycles. The molecule has 25 heavy (non-hydrogen) atoms. The number of anilines is 1. The van der Waals surface area contributed by atoms with Gasteiger partial charge in [-0.2, -0.15) is 0 Å². The van der Waals surface area contributed by atoms with Crippen LogP contribution in [0.3, 0.4) is 0 Å². The maximum absolute atomic E-state index is 13.8. The van der Waals surface area contributed by atoms with Gasteiger partial charge < -0.3 is 15.0 Å². The van der Waals surface area contributed by atoms with Gasteiger partial charge in [-0.1, -0.05) is 30.5 Å². The lowest BCUT2D eigenvalue weighted by Gasteiger charge is -2.33. The molecule has 0 saturated heterocycles. The lowest BCUT2D eigenvalue weighted by Crippen LogP contribution is -2.37. The van der Waals surface area contributed by atoms with Crippen LogP contribution in [-0.4, -0.2) is 29.3 Å². The third kappa shape index (κ3) is 3.05. The number of benzene rings is 1. The zero-order chi connectivity index (χ0) is 18.1. The SMILES string of the molecule is C=C1Nc2nc(SC)[nH]c(=O)c2[C@H](c2cccc(F)c2)[C@H]1C(=O)OC. The summed E-state index contributed by atoms with van der Waals surface area (Å²) < 4.78 is 18.6. The monoisotopic (exact) mass is 361 g/mol. The van der Waals surface area contributed by atoms with Crippen molar-refractivity contribution in [2.24, 2.45) is 5.92 Å². The summed E-state index contributed by atoms with van der Waals surface area (Å²) in [6, 6.07) is 5.78. The van der Waals surface area contributed by atoms with Crippen LogP contribution in [0.5, 0.6) is 0 Å². The van der Waals surface area contributed by atoms with Crippen molar-refractivity contribution in [2.45, 2.75) is 11.1 Å². The molecule has 0 saturated carbocycles. The van der Waals surface area contributed by atoms with Gasteiger partial charge >= 0.3 is 5.97 Å². The smallest absolute Gasteiger partial charge is 0.315 e. The number of halogens is 1. The van der Waals surface area contributed by atoms with Gasteiger partial charge in [0, 0.05) is 11.6 Å². The summed E-state index contributed by atoms with van der Waals surface area (Å²) in [6.07, 6.45) is 1.78.